The van der Waals surface area contributed by atoms with Gasteiger partial charge < -0.3 is 9.47 Å². The highest BCUT2D eigenvalue weighted by atomic mass is 16.5. The highest BCUT2D eigenvalue weighted by molar-refractivity contribution is 6.00. The molecule has 3 rings (SSSR count). The van der Waals surface area contributed by atoms with Crippen molar-refractivity contribution in [1.29, 1.82) is 0 Å². The van der Waals surface area contributed by atoms with Gasteiger partial charge in [0.15, 0.2) is 12.4 Å². The molecule has 0 amide bonds. The van der Waals surface area contributed by atoms with Crippen LogP contribution in [0.3, 0.4) is 0 Å². The fraction of sp³-hybridized carbons (Fsp3) is 0.111. The zero-order chi connectivity index (χ0) is 15.4. The zero-order valence-corrected chi connectivity index (χ0v) is 11.8. The summed E-state index contributed by atoms with van der Waals surface area (Å²) < 4.78 is 10.6. The summed E-state index contributed by atoms with van der Waals surface area (Å²) in [6.45, 7) is -0.128. The minimum Gasteiger partial charge on any atom is -0.488 e. The van der Waals surface area contributed by atoms with Crippen molar-refractivity contribution in [1.82, 2.24) is 0 Å². The van der Waals surface area contributed by atoms with Crippen LogP contribution in [0, 0.1) is 0 Å². The second-order valence-corrected chi connectivity index (χ2v) is 4.86. The smallest absolute Gasteiger partial charge is 0.337 e. The number of benzene rings is 2. The molecular formula is C18H14O4. The van der Waals surface area contributed by atoms with E-state index in [9.17, 15) is 9.59 Å². The SMILES string of the molecule is O=C(OCC(=O)c1ccccc1)C1=Cc2ccccc2OC1. The van der Waals surface area contributed by atoms with Gasteiger partial charge in [0, 0.05) is 11.1 Å². The normalized spacial score (nSPS) is 12.6. The molecule has 0 bridgehead atoms. The van der Waals surface area contributed by atoms with Crippen molar-refractivity contribution < 1.29 is 19.1 Å². The van der Waals surface area contributed by atoms with Gasteiger partial charge in [-0.05, 0) is 12.1 Å². The van der Waals surface area contributed by atoms with Gasteiger partial charge in [-0.2, -0.15) is 0 Å². The van der Waals surface area contributed by atoms with E-state index >= 15 is 0 Å². The topological polar surface area (TPSA) is 52.6 Å². The van der Waals surface area contributed by atoms with E-state index in [1.54, 1.807) is 30.3 Å². The van der Waals surface area contributed by atoms with E-state index in [1.165, 1.54) is 0 Å². The molecule has 0 spiro atoms. The van der Waals surface area contributed by atoms with E-state index in [-0.39, 0.29) is 19.0 Å². The summed E-state index contributed by atoms with van der Waals surface area (Å²) in [4.78, 5) is 23.9. The molecule has 4 heteroatoms. The molecule has 0 radical (unpaired) electrons. The zero-order valence-electron chi connectivity index (χ0n) is 11.8. The molecule has 4 nitrogen and oxygen atoms in total. The van der Waals surface area contributed by atoms with Crippen LogP contribution in [-0.4, -0.2) is 25.0 Å². The van der Waals surface area contributed by atoms with E-state index in [1.807, 2.05) is 30.3 Å². The number of para-hydroxylation sites is 1. The molecular weight excluding hydrogens is 280 g/mol. The lowest BCUT2D eigenvalue weighted by atomic mass is 10.1. The second kappa shape index (κ2) is 6.26. The highest BCUT2D eigenvalue weighted by Gasteiger charge is 2.19. The molecule has 0 N–H and O–H groups in total. The molecule has 0 atom stereocenters. The van der Waals surface area contributed by atoms with Gasteiger partial charge >= 0.3 is 5.97 Å². The molecule has 1 heterocycles. The van der Waals surface area contributed by atoms with Crippen molar-refractivity contribution in [2.75, 3.05) is 13.2 Å². The fourth-order valence-electron chi connectivity index (χ4n) is 2.17. The van der Waals surface area contributed by atoms with Crippen LogP contribution in [0.25, 0.3) is 6.08 Å². The molecule has 0 aromatic heterocycles. The number of hydrogen-bond donors (Lipinski definition) is 0. The van der Waals surface area contributed by atoms with Crippen molar-refractivity contribution in [3.8, 4) is 5.75 Å². The standard InChI is InChI=1S/C18H14O4/c19-16(13-6-2-1-3-7-13)12-22-18(20)15-10-14-8-4-5-9-17(14)21-11-15/h1-10H,11-12H2. The third-order valence-corrected chi connectivity index (χ3v) is 3.32. The van der Waals surface area contributed by atoms with Crippen LogP contribution in [0.5, 0.6) is 5.75 Å². The van der Waals surface area contributed by atoms with Gasteiger partial charge in [0.1, 0.15) is 12.4 Å². The van der Waals surface area contributed by atoms with Gasteiger partial charge in [0.2, 0.25) is 0 Å². The Morgan fingerprint density at radius 1 is 1.00 bits per heavy atom. The largest absolute Gasteiger partial charge is 0.488 e. The van der Waals surface area contributed by atoms with E-state index in [4.69, 9.17) is 9.47 Å². The number of fused-ring (bicyclic) bond motifs is 1. The Morgan fingerprint density at radius 2 is 1.73 bits per heavy atom. The number of Topliss-reactive ketones (excluding diaryl/α,β-unsaturated/α-hetero) is 1. The van der Waals surface area contributed by atoms with Crippen LogP contribution >= 0.6 is 0 Å². The number of ketones is 1. The van der Waals surface area contributed by atoms with Gasteiger partial charge in [0.05, 0.1) is 5.57 Å². The van der Waals surface area contributed by atoms with Gasteiger partial charge in [-0.15, -0.1) is 0 Å². The summed E-state index contributed by atoms with van der Waals surface area (Å²) in [5, 5.41) is 0. The van der Waals surface area contributed by atoms with Gasteiger partial charge in [-0.25, -0.2) is 4.79 Å². The van der Waals surface area contributed by atoms with Crippen LogP contribution in [-0.2, 0) is 9.53 Å². The first-order chi connectivity index (χ1) is 10.7. The minimum absolute atomic E-state index is 0.148. The van der Waals surface area contributed by atoms with E-state index in [2.05, 4.69) is 0 Å². The van der Waals surface area contributed by atoms with E-state index in [0.29, 0.717) is 11.1 Å². The van der Waals surface area contributed by atoms with E-state index < -0.39 is 5.97 Å². The van der Waals surface area contributed by atoms with Crippen molar-refractivity contribution >= 4 is 17.8 Å². The lowest BCUT2D eigenvalue weighted by Crippen LogP contribution is -2.20. The molecule has 110 valence electrons. The first kappa shape index (κ1) is 14.1. The minimum atomic E-state index is -0.529. The Hall–Kier alpha value is -2.88. The predicted octanol–water partition coefficient (Wildman–Crippen LogP) is 2.89. The third kappa shape index (κ3) is 3.06. The fourth-order valence-corrected chi connectivity index (χ4v) is 2.17. The van der Waals surface area contributed by atoms with Crippen LogP contribution < -0.4 is 4.74 Å². The van der Waals surface area contributed by atoms with Crippen molar-refractivity contribution in [3.63, 3.8) is 0 Å². The number of ether oxygens (including phenoxy) is 2. The van der Waals surface area contributed by atoms with Gasteiger partial charge in [-0.1, -0.05) is 48.5 Å². The van der Waals surface area contributed by atoms with Crippen LogP contribution in [0.1, 0.15) is 15.9 Å². The summed E-state index contributed by atoms with van der Waals surface area (Å²) in [6, 6.07) is 16.2. The lowest BCUT2D eigenvalue weighted by Gasteiger charge is -2.16. The molecule has 0 saturated heterocycles. The summed E-state index contributed by atoms with van der Waals surface area (Å²) in [5.41, 5.74) is 1.75. The summed E-state index contributed by atoms with van der Waals surface area (Å²) in [5.74, 6) is -0.0233. The summed E-state index contributed by atoms with van der Waals surface area (Å²) in [7, 11) is 0. The van der Waals surface area contributed by atoms with Crippen molar-refractivity contribution in [2.24, 2.45) is 0 Å². The summed E-state index contributed by atoms with van der Waals surface area (Å²) in [6.07, 6.45) is 1.73. The first-order valence-corrected chi connectivity index (χ1v) is 6.92. The number of carbonyl (C=O) groups excluding carboxylic acids is 2. The second-order valence-electron chi connectivity index (χ2n) is 4.86. The van der Waals surface area contributed by atoms with Crippen LogP contribution in [0.4, 0.5) is 0 Å². The maximum absolute atomic E-state index is 12.0. The quantitative estimate of drug-likeness (QED) is 0.642. The molecule has 0 unspecified atom stereocenters. The molecule has 2 aromatic rings. The van der Waals surface area contributed by atoms with Crippen LogP contribution in [0.15, 0.2) is 60.2 Å². The Balaban J connectivity index is 1.64. The molecule has 0 aliphatic carbocycles. The third-order valence-electron chi connectivity index (χ3n) is 3.32. The molecule has 0 saturated carbocycles. The Kier molecular flexibility index (Phi) is 4.01. The average Bonchev–Trinajstić information content (AvgIpc) is 2.59. The Morgan fingerprint density at radius 3 is 2.55 bits per heavy atom. The number of esters is 1. The molecule has 1 aliphatic heterocycles. The molecule has 0 fully saturated rings. The maximum atomic E-state index is 12.0. The number of hydrogen-bond acceptors (Lipinski definition) is 4. The Bertz CT molecular complexity index is 732. The molecule has 22 heavy (non-hydrogen) atoms. The van der Waals surface area contributed by atoms with Crippen molar-refractivity contribution in [2.45, 2.75) is 0 Å². The van der Waals surface area contributed by atoms with Gasteiger partial charge in [-0.3, -0.25) is 4.79 Å². The highest BCUT2D eigenvalue weighted by Crippen LogP contribution is 2.26. The van der Waals surface area contributed by atoms with E-state index in [0.717, 1.165) is 11.3 Å². The van der Waals surface area contributed by atoms with Crippen molar-refractivity contribution in [3.05, 3.63) is 71.3 Å². The lowest BCUT2D eigenvalue weighted by molar-refractivity contribution is -0.138. The summed E-state index contributed by atoms with van der Waals surface area (Å²) >= 11 is 0. The maximum Gasteiger partial charge on any atom is 0.337 e. The number of rotatable bonds is 4. The Labute approximate surface area is 128 Å². The molecule has 1 aliphatic rings. The average molecular weight is 294 g/mol. The molecule has 2 aromatic carbocycles. The monoisotopic (exact) mass is 294 g/mol. The van der Waals surface area contributed by atoms with Crippen LogP contribution in [0.2, 0.25) is 0 Å². The predicted molar refractivity (Wildman–Crippen MR) is 81.6 cm³/mol. The van der Waals surface area contributed by atoms with Gasteiger partial charge in [0.25, 0.3) is 0 Å². The first-order valence-electron chi connectivity index (χ1n) is 6.92. The number of carbonyl (C=O) groups is 2.